The van der Waals surface area contributed by atoms with Crippen LogP contribution in [0.4, 0.5) is 0 Å². The van der Waals surface area contributed by atoms with Gasteiger partial charge in [0.1, 0.15) is 46.0 Å². The standard InChI is InChI=1S/C48H38N4O4.C48H36N4O4.2Mn.H2O/c2*1-53-33-13-5-29(6-14-33)45-37-21-23-39(49-37)46(30-7-15-34(54-2)16-8-30)41-25-27-43(51-41)48(32-11-19-36(56-4)20-12-32)44-28-26-42(52-44)47(40-24-22-38(45)50-40)31-9-17-35(55-3)18-10-31;;;/h5-11,13-28,32H,12H2,1-4H3;5-28H,1-4H3;;;1H2/q2*-2;2*+2;. The van der Waals surface area contributed by atoms with Crippen LogP contribution in [0.25, 0.3) is 171 Å². The molecule has 16 bridgehead atoms. The molecule has 2 N–H and O–H groups in total. The number of nitrogens with zero attached hydrogens (tertiary/aromatic N) is 8. The van der Waals surface area contributed by atoms with Gasteiger partial charge in [-0.1, -0.05) is 140 Å². The summed E-state index contributed by atoms with van der Waals surface area (Å²) in [6.45, 7) is 0. The summed E-state index contributed by atoms with van der Waals surface area (Å²) in [5, 5.41) is 0. The zero-order chi connectivity index (χ0) is 76.3. The Balaban J connectivity index is 0.000000185. The van der Waals surface area contributed by atoms with E-state index in [1.54, 1.807) is 56.9 Å². The van der Waals surface area contributed by atoms with Crippen LogP contribution in [0.5, 0.6) is 40.2 Å². The molecule has 115 heavy (non-hydrogen) atoms. The third kappa shape index (κ3) is 15.6. The first-order valence-electron chi connectivity index (χ1n) is 36.6. The molecule has 568 valence electrons. The molecule has 4 aliphatic heterocycles. The second kappa shape index (κ2) is 34.3. The van der Waals surface area contributed by atoms with Gasteiger partial charge >= 0.3 is 34.1 Å². The van der Waals surface area contributed by atoms with Crippen molar-refractivity contribution < 1.29 is 77.5 Å². The number of aromatic nitrogens is 8. The van der Waals surface area contributed by atoms with Crippen molar-refractivity contribution in [1.29, 1.82) is 0 Å². The zero-order valence-electron chi connectivity index (χ0n) is 64.0. The van der Waals surface area contributed by atoms with E-state index in [9.17, 15) is 0 Å². The van der Waals surface area contributed by atoms with E-state index in [2.05, 4.69) is 146 Å². The van der Waals surface area contributed by atoms with Crippen molar-refractivity contribution in [1.82, 2.24) is 39.9 Å². The predicted octanol–water partition coefficient (Wildman–Crippen LogP) is 20.3. The number of allylic oxidation sites excluding steroid dienone is 3. The Hall–Kier alpha value is -13.4. The number of benzene rings is 7. The van der Waals surface area contributed by atoms with E-state index in [1.165, 1.54) is 0 Å². The van der Waals surface area contributed by atoms with Gasteiger partial charge in [0, 0.05) is 5.92 Å². The molecule has 0 amide bonds. The molecule has 13 aromatic rings. The van der Waals surface area contributed by atoms with Crippen LogP contribution in [0.15, 0.2) is 242 Å². The molecular formula is C96H76Mn2N8O9. The molecule has 17 nitrogen and oxygen atoms in total. The smallest absolute Gasteiger partial charge is 0.657 e. The first kappa shape index (κ1) is 78.3. The SMILES string of the molecule is COC1=CCC(c2c3nc(c(-c4ccc(OC)cc4)c4ccc([n-]4)c(-c4ccc(OC)cc4)c4nc(c(-c5ccc(OC)cc5)c5ccc2[n-]5)C=C4)C=C3)C=C1.COc1ccc(-c2c3nc(c(-c4ccc(OC)cc4)c4ccc([n-]4)c(-c4ccc(OC)cc4)c4nc(c(-c5ccc(OC)cc5)c5ccc2[n-]5)C=C4)C=C3)cc1.O.[Mn+2].[Mn+2]. The Morgan fingerprint density at radius 1 is 0.235 bits per heavy atom. The summed E-state index contributed by atoms with van der Waals surface area (Å²) in [7, 11) is 13.4. The van der Waals surface area contributed by atoms with Crippen LogP contribution in [0.1, 0.15) is 63.5 Å². The topological polar surface area (TPSA) is 213 Å². The number of hydrogen-bond acceptors (Lipinski definition) is 12. The van der Waals surface area contributed by atoms with Gasteiger partial charge in [0.15, 0.2) is 0 Å². The van der Waals surface area contributed by atoms with Crippen LogP contribution in [0, 0.1) is 0 Å². The number of fused-ring (bicyclic) bond motifs is 16. The van der Waals surface area contributed by atoms with Crippen LogP contribution in [-0.4, -0.2) is 82.3 Å². The summed E-state index contributed by atoms with van der Waals surface area (Å²) in [4.78, 5) is 42.8. The maximum absolute atomic E-state index is 5.56. The Morgan fingerprint density at radius 2 is 0.426 bits per heavy atom. The summed E-state index contributed by atoms with van der Waals surface area (Å²) in [6.07, 6.45) is 23.6. The van der Waals surface area contributed by atoms with Gasteiger partial charge < -0.3 is 63.3 Å². The van der Waals surface area contributed by atoms with Gasteiger partial charge in [-0.05, 0) is 236 Å². The molecule has 0 saturated heterocycles. The summed E-state index contributed by atoms with van der Waals surface area (Å²) >= 11 is 0. The van der Waals surface area contributed by atoms with Gasteiger partial charge in [-0.3, -0.25) is 0 Å². The molecule has 10 heterocycles. The van der Waals surface area contributed by atoms with Crippen LogP contribution >= 0.6 is 0 Å². The van der Waals surface area contributed by atoms with E-state index in [-0.39, 0.29) is 45.5 Å². The fraction of sp³-hybridized carbons (Fsp3) is 0.104. The minimum absolute atomic E-state index is 0. The third-order valence-corrected chi connectivity index (χ3v) is 20.6. The molecule has 0 saturated carbocycles. The normalized spacial score (nSPS) is 12.8. The van der Waals surface area contributed by atoms with Gasteiger partial charge in [-0.15, -0.1) is 44.1 Å². The predicted molar refractivity (Wildman–Crippen MR) is 453 cm³/mol. The van der Waals surface area contributed by atoms with Crippen molar-refractivity contribution in [3.8, 4) is 118 Å². The molecule has 19 heteroatoms. The van der Waals surface area contributed by atoms with Gasteiger partial charge in [-0.2, -0.15) is 0 Å². The van der Waals surface area contributed by atoms with Crippen LogP contribution < -0.4 is 53.1 Å². The molecule has 1 unspecified atom stereocenters. The number of methoxy groups -OCH3 is 8. The second-order valence-corrected chi connectivity index (χ2v) is 26.9. The first-order chi connectivity index (χ1) is 55.1. The molecule has 6 aromatic heterocycles. The van der Waals surface area contributed by atoms with Gasteiger partial charge in [0.2, 0.25) is 0 Å². The molecule has 0 fully saturated rings. The van der Waals surface area contributed by atoms with Crippen molar-refractivity contribution in [2.45, 2.75) is 12.3 Å². The minimum atomic E-state index is 0. The molecule has 1 atom stereocenters. The molecule has 0 spiro atoms. The van der Waals surface area contributed by atoms with Crippen molar-refractivity contribution in [2.75, 3.05) is 56.9 Å². The molecule has 18 rings (SSSR count). The largest absolute Gasteiger partial charge is 2.00 e. The Morgan fingerprint density at radius 3 is 0.617 bits per heavy atom. The van der Waals surface area contributed by atoms with Crippen LogP contribution in [0.3, 0.4) is 0 Å². The Kier molecular flexibility index (Phi) is 23.4. The van der Waals surface area contributed by atoms with Gasteiger partial charge in [0.25, 0.3) is 0 Å². The maximum Gasteiger partial charge on any atom is 2.00 e. The first-order valence-corrected chi connectivity index (χ1v) is 36.6. The maximum atomic E-state index is 5.56. The van der Waals surface area contributed by atoms with E-state index in [1.807, 2.05) is 140 Å². The Bertz CT molecular complexity index is 5930. The molecule has 1 aliphatic carbocycles. The third-order valence-electron chi connectivity index (χ3n) is 20.6. The average Bonchev–Trinajstić information content (AvgIpc) is 1.62. The molecule has 5 aliphatic rings. The molecule has 2 radical (unpaired) electrons. The molecule has 7 aromatic carbocycles. The summed E-state index contributed by atoms with van der Waals surface area (Å²) in [6, 6.07) is 72.7. The summed E-state index contributed by atoms with van der Waals surface area (Å²) in [5.41, 5.74) is 26.8. The van der Waals surface area contributed by atoms with Crippen molar-refractivity contribution in [2.24, 2.45) is 0 Å². The number of rotatable bonds is 16. The average molecular weight is 1600 g/mol. The van der Waals surface area contributed by atoms with Crippen molar-refractivity contribution in [3.63, 3.8) is 0 Å². The van der Waals surface area contributed by atoms with E-state index >= 15 is 0 Å². The number of hydrogen-bond donors (Lipinski definition) is 0. The van der Waals surface area contributed by atoms with E-state index < -0.39 is 0 Å². The monoisotopic (exact) mass is 1590 g/mol. The second-order valence-electron chi connectivity index (χ2n) is 26.9. The van der Waals surface area contributed by atoms with Crippen LogP contribution in [0.2, 0.25) is 0 Å². The van der Waals surface area contributed by atoms with Gasteiger partial charge in [-0.25, -0.2) is 19.9 Å². The van der Waals surface area contributed by atoms with E-state index in [4.69, 9.17) is 77.8 Å². The van der Waals surface area contributed by atoms with E-state index in [0.29, 0.717) is 0 Å². The van der Waals surface area contributed by atoms with Gasteiger partial charge in [0.05, 0.1) is 102 Å². The quantitative estimate of drug-likeness (QED) is 0.0823. The summed E-state index contributed by atoms with van der Waals surface area (Å²) in [5.74, 6) is 6.24. The summed E-state index contributed by atoms with van der Waals surface area (Å²) < 4.78 is 44.2. The number of ether oxygens (including phenoxy) is 8. The zero-order valence-corrected chi connectivity index (χ0v) is 66.4. The van der Waals surface area contributed by atoms with E-state index in [0.717, 1.165) is 226 Å². The Labute approximate surface area is 686 Å². The fourth-order valence-electron chi connectivity index (χ4n) is 14.9. The fourth-order valence-corrected chi connectivity index (χ4v) is 14.9. The van der Waals surface area contributed by atoms with Crippen molar-refractivity contribution >= 4 is 92.7 Å². The minimum Gasteiger partial charge on any atom is -0.657 e. The van der Waals surface area contributed by atoms with Crippen molar-refractivity contribution in [3.05, 3.63) is 293 Å². The van der Waals surface area contributed by atoms with Crippen LogP contribution in [-0.2, 0) is 38.9 Å². The molecular weight excluding hydrogens is 1520 g/mol.